The summed E-state index contributed by atoms with van der Waals surface area (Å²) in [7, 11) is 1.61. The molecule has 0 fully saturated rings. The highest BCUT2D eigenvalue weighted by Crippen LogP contribution is 2.30. The minimum Gasteiger partial charge on any atom is -0.356 e. The highest BCUT2D eigenvalue weighted by molar-refractivity contribution is 5.95. The number of carbonyl (C=O) groups is 1. The van der Waals surface area contributed by atoms with Crippen molar-refractivity contribution in [3.8, 4) is 22.4 Å². The molecule has 0 aliphatic rings. The van der Waals surface area contributed by atoms with Crippen LogP contribution in [0.5, 0.6) is 0 Å². The van der Waals surface area contributed by atoms with Crippen LogP contribution in [0.15, 0.2) is 67.4 Å². The fraction of sp³-hybridized carbons (Fsp3) is 0.0476. The summed E-state index contributed by atoms with van der Waals surface area (Å²) in [5.74, 6) is -0.134. The summed E-state index contributed by atoms with van der Waals surface area (Å²) >= 11 is 0. The standard InChI is InChI=1S/C21H17N5O/c1-22-20(27)6-5-14-3-2-4-15(9-14)16-10-17-18(12-25-21(17)24-11-16)19-7-8-23-13-26-19/h2-13H,1H3,(H,22,27)(H,24,25)/b6-5+. The molecule has 2 N–H and O–H groups in total. The van der Waals surface area contributed by atoms with E-state index in [-0.39, 0.29) is 5.91 Å². The van der Waals surface area contributed by atoms with Crippen LogP contribution in [0.4, 0.5) is 0 Å². The lowest BCUT2D eigenvalue weighted by molar-refractivity contribution is -0.115. The SMILES string of the molecule is CNC(=O)/C=C/c1cccc(-c2cnc3[nH]cc(-c4ccncn4)c3c2)c1. The van der Waals surface area contributed by atoms with Gasteiger partial charge in [0.2, 0.25) is 5.91 Å². The number of pyridine rings is 1. The summed E-state index contributed by atoms with van der Waals surface area (Å²) < 4.78 is 0. The molecule has 0 atom stereocenters. The van der Waals surface area contributed by atoms with Gasteiger partial charge in [0.05, 0.1) is 5.69 Å². The highest BCUT2D eigenvalue weighted by Gasteiger charge is 2.10. The molecule has 6 nitrogen and oxygen atoms in total. The molecule has 132 valence electrons. The Hall–Kier alpha value is -3.80. The molecule has 6 heteroatoms. The third-order valence-corrected chi connectivity index (χ3v) is 4.28. The fourth-order valence-electron chi connectivity index (χ4n) is 2.90. The second-order valence-electron chi connectivity index (χ2n) is 5.99. The first kappa shape index (κ1) is 16.7. The number of nitrogens with one attached hydrogen (secondary N) is 2. The molecule has 4 aromatic rings. The number of rotatable bonds is 4. The van der Waals surface area contributed by atoms with Crippen LogP contribution in [-0.4, -0.2) is 32.9 Å². The zero-order chi connectivity index (χ0) is 18.6. The second kappa shape index (κ2) is 7.21. The minimum atomic E-state index is -0.134. The van der Waals surface area contributed by atoms with Crippen molar-refractivity contribution in [3.05, 3.63) is 73.0 Å². The summed E-state index contributed by atoms with van der Waals surface area (Å²) in [6.07, 6.45) is 10.3. The number of nitrogens with zero attached hydrogens (tertiary/aromatic N) is 3. The molecule has 0 aliphatic heterocycles. The predicted molar refractivity (Wildman–Crippen MR) is 106 cm³/mol. The Morgan fingerprint density at radius 2 is 2.07 bits per heavy atom. The van der Waals surface area contributed by atoms with E-state index in [1.165, 1.54) is 12.4 Å². The van der Waals surface area contributed by atoms with Gasteiger partial charge in [-0.2, -0.15) is 0 Å². The zero-order valence-corrected chi connectivity index (χ0v) is 14.7. The first-order valence-electron chi connectivity index (χ1n) is 8.48. The van der Waals surface area contributed by atoms with E-state index in [1.54, 1.807) is 19.3 Å². The number of amides is 1. The number of carbonyl (C=O) groups excluding carboxylic acids is 1. The molecule has 27 heavy (non-hydrogen) atoms. The second-order valence-corrected chi connectivity index (χ2v) is 5.99. The molecule has 0 spiro atoms. The maximum Gasteiger partial charge on any atom is 0.243 e. The molecule has 4 rings (SSSR count). The maximum absolute atomic E-state index is 11.4. The Morgan fingerprint density at radius 1 is 1.15 bits per heavy atom. The largest absolute Gasteiger partial charge is 0.356 e. The van der Waals surface area contributed by atoms with Crippen LogP contribution in [0.3, 0.4) is 0 Å². The molecule has 0 saturated heterocycles. The van der Waals surface area contributed by atoms with Crippen LogP contribution in [0.2, 0.25) is 0 Å². The molecule has 0 bridgehead atoms. The lowest BCUT2D eigenvalue weighted by Gasteiger charge is -2.04. The monoisotopic (exact) mass is 355 g/mol. The number of aromatic amines is 1. The van der Waals surface area contributed by atoms with E-state index in [4.69, 9.17) is 0 Å². The van der Waals surface area contributed by atoms with Crippen LogP contribution >= 0.6 is 0 Å². The van der Waals surface area contributed by atoms with Gasteiger partial charge in [-0.3, -0.25) is 4.79 Å². The fourth-order valence-corrected chi connectivity index (χ4v) is 2.90. The van der Waals surface area contributed by atoms with Crippen LogP contribution < -0.4 is 5.32 Å². The number of fused-ring (bicyclic) bond motifs is 1. The van der Waals surface area contributed by atoms with Crippen molar-refractivity contribution in [2.45, 2.75) is 0 Å². The summed E-state index contributed by atoms with van der Waals surface area (Å²) in [5, 5.41) is 3.57. The summed E-state index contributed by atoms with van der Waals surface area (Å²) in [6.45, 7) is 0. The number of hydrogen-bond acceptors (Lipinski definition) is 4. The normalized spacial score (nSPS) is 11.1. The van der Waals surface area contributed by atoms with E-state index in [0.29, 0.717) is 0 Å². The van der Waals surface area contributed by atoms with Crippen molar-refractivity contribution >= 4 is 23.0 Å². The summed E-state index contributed by atoms with van der Waals surface area (Å²) in [4.78, 5) is 27.4. The zero-order valence-electron chi connectivity index (χ0n) is 14.7. The van der Waals surface area contributed by atoms with Crippen molar-refractivity contribution in [3.63, 3.8) is 0 Å². The van der Waals surface area contributed by atoms with Gasteiger partial charge in [-0.05, 0) is 35.4 Å². The molecule has 1 aromatic carbocycles. The highest BCUT2D eigenvalue weighted by atomic mass is 16.1. The van der Waals surface area contributed by atoms with Gasteiger partial charge >= 0.3 is 0 Å². The minimum absolute atomic E-state index is 0.134. The van der Waals surface area contributed by atoms with Crippen molar-refractivity contribution in [1.82, 2.24) is 25.3 Å². The van der Waals surface area contributed by atoms with Gasteiger partial charge in [0, 0.05) is 48.2 Å². The Bertz CT molecular complexity index is 1130. The molecule has 3 heterocycles. The molecular formula is C21H17N5O. The predicted octanol–water partition coefficient (Wildman–Crippen LogP) is 3.45. The van der Waals surface area contributed by atoms with E-state index in [0.717, 1.165) is 39.0 Å². The molecule has 1 amide bonds. The van der Waals surface area contributed by atoms with Gasteiger partial charge in [-0.25, -0.2) is 15.0 Å². The van der Waals surface area contributed by atoms with Crippen molar-refractivity contribution in [2.24, 2.45) is 0 Å². The van der Waals surface area contributed by atoms with Gasteiger partial charge in [0.25, 0.3) is 0 Å². The van der Waals surface area contributed by atoms with Crippen molar-refractivity contribution < 1.29 is 4.79 Å². The third kappa shape index (κ3) is 3.46. The van der Waals surface area contributed by atoms with Crippen LogP contribution in [0, 0.1) is 0 Å². The van der Waals surface area contributed by atoms with Crippen LogP contribution in [0.25, 0.3) is 39.5 Å². The van der Waals surface area contributed by atoms with E-state index >= 15 is 0 Å². The summed E-state index contributed by atoms with van der Waals surface area (Å²) in [5.41, 5.74) is 5.60. The van der Waals surface area contributed by atoms with Gasteiger partial charge in [-0.1, -0.05) is 18.2 Å². The average Bonchev–Trinajstić information content (AvgIpc) is 3.16. The van der Waals surface area contributed by atoms with Gasteiger partial charge < -0.3 is 10.3 Å². The quantitative estimate of drug-likeness (QED) is 0.549. The molecule has 0 unspecified atom stereocenters. The number of likely N-dealkylation sites (N-methyl/N-ethyl adjacent to an activating group) is 1. The smallest absolute Gasteiger partial charge is 0.243 e. The Morgan fingerprint density at radius 3 is 2.89 bits per heavy atom. The Balaban J connectivity index is 1.74. The van der Waals surface area contributed by atoms with Crippen molar-refractivity contribution in [2.75, 3.05) is 7.05 Å². The van der Waals surface area contributed by atoms with Gasteiger partial charge in [-0.15, -0.1) is 0 Å². The van der Waals surface area contributed by atoms with E-state index in [1.807, 2.05) is 42.7 Å². The lowest BCUT2D eigenvalue weighted by atomic mass is 10.0. The molecule has 0 radical (unpaired) electrons. The van der Waals surface area contributed by atoms with E-state index < -0.39 is 0 Å². The van der Waals surface area contributed by atoms with Crippen LogP contribution in [0.1, 0.15) is 5.56 Å². The lowest BCUT2D eigenvalue weighted by Crippen LogP contribution is -2.13. The van der Waals surface area contributed by atoms with Gasteiger partial charge in [0.15, 0.2) is 0 Å². The van der Waals surface area contributed by atoms with E-state index in [9.17, 15) is 4.79 Å². The molecule has 0 aliphatic carbocycles. The number of aromatic nitrogens is 4. The number of H-pyrrole nitrogens is 1. The van der Waals surface area contributed by atoms with Crippen LogP contribution in [-0.2, 0) is 4.79 Å². The molecule has 3 aromatic heterocycles. The average molecular weight is 355 g/mol. The maximum atomic E-state index is 11.4. The number of benzene rings is 1. The molecule has 0 saturated carbocycles. The first-order chi connectivity index (χ1) is 13.2. The topological polar surface area (TPSA) is 83.6 Å². The third-order valence-electron chi connectivity index (χ3n) is 4.28. The van der Waals surface area contributed by atoms with E-state index in [2.05, 4.69) is 31.3 Å². The summed E-state index contributed by atoms with van der Waals surface area (Å²) in [6, 6.07) is 11.9. The Kier molecular flexibility index (Phi) is 4.45. The first-order valence-corrected chi connectivity index (χ1v) is 8.48. The number of hydrogen-bond donors (Lipinski definition) is 2. The van der Waals surface area contributed by atoms with Gasteiger partial charge in [0.1, 0.15) is 12.0 Å². The van der Waals surface area contributed by atoms with Crippen molar-refractivity contribution in [1.29, 1.82) is 0 Å². The Labute approximate surface area is 156 Å². The molecular weight excluding hydrogens is 338 g/mol.